The van der Waals surface area contributed by atoms with Gasteiger partial charge in [0.1, 0.15) is 0 Å². The number of aromatic nitrogens is 1. The van der Waals surface area contributed by atoms with Crippen LogP contribution < -0.4 is 5.32 Å². The largest absolute Gasteiger partial charge is 0.351 e. The molecule has 0 radical (unpaired) electrons. The Kier molecular flexibility index (Phi) is 4.18. The van der Waals surface area contributed by atoms with Gasteiger partial charge in [-0.05, 0) is 6.92 Å². The summed E-state index contributed by atoms with van der Waals surface area (Å²) in [5, 5.41) is 3.78. The van der Waals surface area contributed by atoms with Crippen LogP contribution in [0.5, 0.6) is 0 Å². The van der Waals surface area contributed by atoms with Crippen molar-refractivity contribution >= 4 is 28.8 Å². The van der Waals surface area contributed by atoms with Crippen molar-refractivity contribution in [2.24, 2.45) is 0 Å². The molecule has 0 aliphatic carbocycles. The summed E-state index contributed by atoms with van der Waals surface area (Å²) in [5.41, 5.74) is 0. The number of rotatable bonds is 4. The lowest BCUT2D eigenvalue weighted by atomic mass is 10.4. The summed E-state index contributed by atoms with van der Waals surface area (Å²) >= 11 is 7.00. The molecule has 0 saturated carbocycles. The van der Waals surface area contributed by atoms with Crippen molar-refractivity contribution in [3.63, 3.8) is 0 Å². The number of halogens is 1. The zero-order valence-electron chi connectivity index (χ0n) is 7.34. The Balaban J connectivity index is 2.30. The van der Waals surface area contributed by atoms with Gasteiger partial charge in [-0.2, -0.15) is 0 Å². The van der Waals surface area contributed by atoms with Crippen LogP contribution in [0.25, 0.3) is 0 Å². The molecule has 0 bridgehead atoms. The standard InChI is InChI=1S/C8H11ClN2OS/c1-6-10-4-7(13-6)5-11-8(12)2-3-9/h4H,2-3,5H2,1H3,(H,11,12). The summed E-state index contributed by atoms with van der Waals surface area (Å²) in [6.07, 6.45) is 2.15. The molecule has 0 aliphatic heterocycles. The van der Waals surface area contributed by atoms with Gasteiger partial charge in [0.25, 0.3) is 0 Å². The van der Waals surface area contributed by atoms with Crippen molar-refractivity contribution in [2.45, 2.75) is 19.9 Å². The Morgan fingerprint density at radius 3 is 3.08 bits per heavy atom. The lowest BCUT2D eigenvalue weighted by Crippen LogP contribution is -2.22. The van der Waals surface area contributed by atoms with Crippen molar-refractivity contribution in [1.29, 1.82) is 0 Å². The Labute approximate surface area is 86.1 Å². The van der Waals surface area contributed by atoms with E-state index in [-0.39, 0.29) is 5.91 Å². The molecule has 0 spiro atoms. The molecule has 1 heterocycles. The third-order valence-corrected chi connectivity index (χ3v) is 2.55. The Morgan fingerprint density at radius 1 is 1.77 bits per heavy atom. The topological polar surface area (TPSA) is 42.0 Å². The molecule has 1 rings (SSSR count). The van der Waals surface area contributed by atoms with E-state index < -0.39 is 0 Å². The average Bonchev–Trinajstić information content (AvgIpc) is 2.49. The number of thiazole rings is 1. The highest BCUT2D eigenvalue weighted by Crippen LogP contribution is 2.10. The lowest BCUT2D eigenvalue weighted by molar-refractivity contribution is -0.120. The maximum atomic E-state index is 11.0. The van der Waals surface area contributed by atoms with E-state index in [0.717, 1.165) is 9.88 Å². The SMILES string of the molecule is Cc1ncc(CNC(=O)CCCl)s1. The minimum Gasteiger partial charge on any atom is -0.351 e. The maximum absolute atomic E-state index is 11.0. The van der Waals surface area contributed by atoms with Crippen molar-refractivity contribution in [1.82, 2.24) is 10.3 Å². The van der Waals surface area contributed by atoms with Crippen LogP contribution in [0.4, 0.5) is 0 Å². The molecular formula is C8H11ClN2OS. The average molecular weight is 219 g/mol. The van der Waals surface area contributed by atoms with Gasteiger partial charge in [-0.3, -0.25) is 4.79 Å². The number of carbonyl (C=O) groups excluding carboxylic acids is 1. The summed E-state index contributed by atoms with van der Waals surface area (Å²) in [5.74, 6) is 0.356. The molecule has 0 aromatic carbocycles. The molecule has 5 heteroatoms. The Morgan fingerprint density at radius 2 is 2.54 bits per heavy atom. The van der Waals surface area contributed by atoms with Crippen LogP contribution in [0.3, 0.4) is 0 Å². The molecular weight excluding hydrogens is 208 g/mol. The highest BCUT2D eigenvalue weighted by Gasteiger charge is 2.01. The van der Waals surface area contributed by atoms with Crippen LogP contribution in [0.15, 0.2) is 6.20 Å². The second kappa shape index (κ2) is 5.19. The molecule has 1 N–H and O–H groups in total. The zero-order chi connectivity index (χ0) is 9.68. The first-order valence-corrected chi connectivity index (χ1v) is 5.31. The Hall–Kier alpha value is -0.610. The van der Waals surface area contributed by atoms with Crippen LogP contribution in [0, 0.1) is 6.92 Å². The van der Waals surface area contributed by atoms with E-state index in [0.29, 0.717) is 18.8 Å². The Bertz CT molecular complexity index is 287. The fourth-order valence-electron chi connectivity index (χ4n) is 0.847. The number of nitrogens with one attached hydrogen (secondary N) is 1. The van der Waals surface area contributed by atoms with Gasteiger partial charge in [-0.1, -0.05) is 0 Å². The van der Waals surface area contributed by atoms with E-state index in [1.165, 1.54) is 0 Å². The second-order valence-corrected chi connectivity index (χ2v) is 4.26. The van der Waals surface area contributed by atoms with Crippen molar-refractivity contribution in [3.05, 3.63) is 16.1 Å². The molecule has 0 unspecified atom stereocenters. The fraction of sp³-hybridized carbons (Fsp3) is 0.500. The van der Waals surface area contributed by atoms with Gasteiger partial charge in [0.2, 0.25) is 5.91 Å². The summed E-state index contributed by atoms with van der Waals surface area (Å²) in [4.78, 5) is 16.2. The third kappa shape index (κ3) is 3.74. The first-order valence-electron chi connectivity index (χ1n) is 3.96. The number of nitrogens with zero attached hydrogens (tertiary/aromatic N) is 1. The first kappa shape index (κ1) is 10.5. The van der Waals surface area contributed by atoms with E-state index in [1.54, 1.807) is 17.5 Å². The zero-order valence-corrected chi connectivity index (χ0v) is 8.91. The summed E-state index contributed by atoms with van der Waals surface area (Å²) in [6.45, 7) is 2.50. The van der Waals surface area contributed by atoms with Gasteiger partial charge >= 0.3 is 0 Å². The number of hydrogen-bond acceptors (Lipinski definition) is 3. The highest BCUT2D eigenvalue weighted by molar-refractivity contribution is 7.11. The molecule has 3 nitrogen and oxygen atoms in total. The normalized spacial score (nSPS) is 10.0. The maximum Gasteiger partial charge on any atom is 0.221 e. The smallest absolute Gasteiger partial charge is 0.221 e. The van der Waals surface area contributed by atoms with Crippen LogP contribution in [-0.2, 0) is 11.3 Å². The molecule has 0 fully saturated rings. The number of hydrogen-bond donors (Lipinski definition) is 1. The molecule has 0 atom stereocenters. The highest BCUT2D eigenvalue weighted by atomic mass is 35.5. The number of carbonyl (C=O) groups is 1. The minimum atomic E-state index is -0.0129. The van der Waals surface area contributed by atoms with Crippen LogP contribution in [0.2, 0.25) is 0 Å². The fourth-order valence-corrected chi connectivity index (χ4v) is 1.75. The van der Waals surface area contributed by atoms with Gasteiger partial charge in [-0.15, -0.1) is 22.9 Å². The van der Waals surface area contributed by atoms with Gasteiger partial charge in [-0.25, -0.2) is 4.98 Å². The van der Waals surface area contributed by atoms with Gasteiger partial charge in [0.05, 0.1) is 11.6 Å². The van der Waals surface area contributed by atoms with Crippen molar-refractivity contribution in [2.75, 3.05) is 5.88 Å². The molecule has 1 aromatic rings. The van der Waals surface area contributed by atoms with Crippen molar-refractivity contribution < 1.29 is 4.79 Å². The van der Waals surface area contributed by atoms with Crippen LogP contribution in [-0.4, -0.2) is 16.8 Å². The molecule has 1 aromatic heterocycles. The van der Waals surface area contributed by atoms with Gasteiger partial charge < -0.3 is 5.32 Å². The van der Waals surface area contributed by atoms with E-state index >= 15 is 0 Å². The quantitative estimate of drug-likeness (QED) is 0.782. The van der Waals surface area contributed by atoms with Gasteiger partial charge in [0.15, 0.2) is 0 Å². The summed E-state index contributed by atoms with van der Waals surface area (Å²) in [7, 11) is 0. The number of aryl methyl sites for hydroxylation is 1. The predicted molar refractivity (Wildman–Crippen MR) is 54.0 cm³/mol. The third-order valence-electron chi connectivity index (χ3n) is 1.45. The molecule has 13 heavy (non-hydrogen) atoms. The van der Waals surface area contributed by atoms with Crippen LogP contribution in [0.1, 0.15) is 16.3 Å². The van der Waals surface area contributed by atoms with Crippen LogP contribution >= 0.6 is 22.9 Å². The predicted octanol–water partition coefficient (Wildman–Crippen LogP) is 1.70. The molecule has 1 amide bonds. The number of amides is 1. The second-order valence-electron chi connectivity index (χ2n) is 2.56. The lowest BCUT2D eigenvalue weighted by Gasteiger charge is -1.99. The molecule has 0 saturated heterocycles. The van der Waals surface area contributed by atoms with E-state index in [4.69, 9.17) is 11.6 Å². The molecule has 0 aliphatic rings. The van der Waals surface area contributed by atoms with Gasteiger partial charge in [0, 0.05) is 23.4 Å². The minimum absolute atomic E-state index is 0.0129. The summed E-state index contributed by atoms with van der Waals surface area (Å²) < 4.78 is 0. The molecule has 72 valence electrons. The summed E-state index contributed by atoms with van der Waals surface area (Å²) in [6, 6.07) is 0. The van der Waals surface area contributed by atoms with Crippen molar-refractivity contribution in [3.8, 4) is 0 Å². The monoisotopic (exact) mass is 218 g/mol. The number of alkyl halides is 1. The first-order chi connectivity index (χ1) is 6.22. The van der Waals surface area contributed by atoms with E-state index in [2.05, 4.69) is 10.3 Å². The van der Waals surface area contributed by atoms with E-state index in [1.807, 2.05) is 6.92 Å². The van der Waals surface area contributed by atoms with E-state index in [9.17, 15) is 4.79 Å².